The first-order chi connectivity index (χ1) is 8.29. The Morgan fingerprint density at radius 1 is 1.35 bits per heavy atom. The molecule has 84 valence electrons. The van der Waals surface area contributed by atoms with Crippen molar-refractivity contribution in [2.24, 2.45) is 0 Å². The molecule has 5 nitrogen and oxygen atoms in total. The summed E-state index contributed by atoms with van der Waals surface area (Å²) in [6.07, 6.45) is 1.71. The lowest BCUT2D eigenvalue weighted by Crippen LogP contribution is -2.02. The Morgan fingerprint density at radius 2 is 2.24 bits per heavy atom. The van der Waals surface area contributed by atoms with Gasteiger partial charge in [-0.15, -0.1) is 0 Å². The number of nitrogens with zero attached hydrogens (tertiary/aromatic N) is 2. The predicted octanol–water partition coefficient (Wildman–Crippen LogP) is 1.90. The number of aromatic nitrogens is 3. The van der Waals surface area contributed by atoms with E-state index >= 15 is 0 Å². The minimum Gasteiger partial charge on any atom is -0.463 e. The number of pyridine rings is 1. The van der Waals surface area contributed by atoms with Crippen LogP contribution in [0.2, 0.25) is 0 Å². The monoisotopic (exact) mass is 227 g/mol. The fourth-order valence-electron chi connectivity index (χ4n) is 1.81. The number of aromatic amines is 1. The summed E-state index contributed by atoms with van der Waals surface area (Å²) in [5.74, 6) is -0.286. The zero-order valence-electron chi connectivity index (χ0n) is 9.10. The summed E-state index contributed by atoms with van der Waals surface area (Å²) in [6, 6.07) is 7.60. The van der Waals surface area contributed by atoms with E-state index < -0.39 is 5.97 Å². The van der Waals surface area contributed by atoms with Gasteiger partial charge >= 0.3 is 5.97 Å². The second kappa shape index (κ2) is 3.55. The van der Waals surface area contributed by atoms with Crippen LogP contribution in [0.5, 0.6) is 0 Å². The summed E-state index contributed by atoms with van der Waals surface area (Å²) in [4.78, 5) is 22.8. The van der Waals surface area contributed by atoms with Gasteiger partial charge in [-0.05, 0) is 12.1 Å². The molecule has 0 aliphatic carbocycles. The van der Waals surface area contributed by atoms with Crippen molar-refractivity contribution < 1.29 is 9.53 Å². The minimum absolute atomic E-state index is 0.195. The number of nitrogens with one attached hydrogen (secondary N) is 1. The zero-order chi connectivity index (χ0) is 11.8. The normalized spacial score (nSPS) is 10.9. The van der Waals surface area contributed by atoms with Gasteiger partial charge in [-0.3, -0.25) is 4.98 Å². The summed E-state index contributed by atoms with van der Waals surface area (Å²) >= 11 is 0. The number of methoxy groups -OCH3 is 1. The number of benzene rings is 1. The van der Waals surface area contributed by atoms with Gasteiger partial charge < -0.3 is 9.72 Å². The van der Waals surface area contributed by atoms with Gasteiger partial charge in [0.2, 0.25) is 5.82 Å². The Kier molecular flexibility index (Phi) is 2.04. The molecule has 0 bridgehead atoms. The lowest BCUT2D eigenvalue weighted by atomic mass is 10.2. The van der Waals surface area contributed by atoms with Crippen LogP contribution in [-0.2, 0) is 4.74 Å². The number of fused-ring (bicyclic) bond motifs is 3. The van der Waals surface area contributed by atoms with Crippen LogP contribution < -0.4 is 0 Å². The summed E-state index contributed by atoms with van der Waals surface area (Å²) in [6.45, 7) is 0. The van der Waals surface area contributed by atoms with Crippen molar-refractivity contribution in [2.45, 2.75) is 0 Å². The fraction of sp³-hybridized carbons (Fsp3) is 0.0833. The number of ether oxygens (including phenoxy) is 1. The van der Waals surface area contributed by atoms with Crippen LogP contribution in [0.1, 0.15) is 10.6 Å². The van der Waals surface area contributed by atoms with E-state index in [4.69, 9.17) is 0 Å². The van der Waals surface area contributed by atoms with Crippen LogP contribution >= 0.6 is 0 Å². The topological polar surface area (TPSA) is 67.9 Å². The van der Waals surface area contributed by atoms with Crippen molar-refractivity contribution in [3.8, 4) is 0 Å². The molecular weight excluding hydrogens is 218 g/mol. The number of hydrogen-bond donors (Lipinski definition) is 1. The molecule has 0 spiro atoms. The Morgan fingerprint density at radius 3 is 3.06 bits per heavy atom. The Balaban J connectivity index is 2.35. The lowest BCUT2D eigenvalue weighted by molar-refractivity contribution is 0.0588. The van der Waals surface area contributed by atoms with Gasteiger partial charge in [0.1, 0.15) is 0 Å². The van der Waals surface area contributed by atoms with E-state index in [9.17, 15) is 4.79 Å². The minimum atomic E-state index is -0.481. The third-order valence-electron chi connectivity index (χ3n) is 2.61. The van der Waals surface area contributed by atoms with Gasteiger partial charge in [-0.2, -0.15) is 0 Å². The lowest BCUT2D eigenvalue weighted by Gasteiger charge is -1.96. The number of carbonyl (C=O) groups is 1. The van der Waals surface area contributed by atoms with E-state index in [1.54, 1.807) is 6.20 Å². The SMILES string of the molecule is COC(=O)c1nc2ccc3cccnc3c2[nH]1. The maximum Gasteiger partial charge on any atom is 0.374 e. The molecule has 5 heteroatoms. The van der Waals surface area contributed by atoms with Crippen LogP contribution in [0.25, 0.3) is 21.9 Å². The van der Waals surface area contributed by atoms with Crippen molar-refractivity contribution in [3.05, 3.63) is 36.3 Å². The van der Waals surface area contributed by atoms with Gasteiger partial charge in [-0.25, -0.2) is 9.78 Å². The summed E-state index contributed by atoms with van der Waals surface area (Å²) in [7, 11) is 1.33. The van der Waals surface area contributed by atoms with Gasteiger partial charge in [0.15, 0.2) is 0 Å². The van der Waals surface area contributed by atoms with Crippen LogP contribution in [0.15, 0.2) is 30.5 Å². The van der Waals surface area contributed by atoms with Crippen molar-refractivity contribution in [2.75, 3.05) is 7.11 Å². The van der Waals surface area contributed by atoms with E-state index in [0.717, 1.165) is 16.4 Å². The average molecular weight is 227 g/mol. The van der Waals surface area contributed by atoms with E-state index in [1.807, 2.05) is 24.3 Å². The van der Waals surface area contributed by atoms with Crippen molar-refractivity contribution in [1.29, 1.82) is 0 Å². The van der Waals surface area contributed by atoms with E-state index in [0.29, 0.717) is 5.52 Å². The molecule has 2 aromatic heterocycles. The Hall–Kier alpha value is -2.43. The first kappa shape index (κ1) is 9.77. The molecule has 3 rings (SSSR count). The molecule has 0 aliphatic rings. The number of esters is 1. The second-order valence-electron chi connectivity index (χ2n) is 3.61. The Bertz CT molecular complexity index is 718. The van der Waals surface area contributed by atoms with Crippen molar-refractivity contribution in [1.82, 2.24) is 15.0 Å². The molecule has 3 aromatic rings. The highest BCUT2D eigenvalue weighted by Gasteiger charge is 2.13. The number of carbonyl (C=O) groups excluding carboxylic acids is 1. The molecule has 0 fully saturated rings. The zero-order valence-corrected chi connectivity index (χ0v) is 9.10. The standard InChI is InChI=1S/C12H9N3O2/c1-17-12(16)11-14-8-5-4-7-3-2-6-13-9(7)10(8)15-11/h2-6H,1H3,(H,14,15). The average Bonchev–Trinajstić information content (AvgIpc) is 2.82. The van der Waals surface area contributed by atoms with Gasteiger partial charge in [0.25, 0.3) is 0 Å². The first-order valence-corrected chi connectivity index (χ1v) is 5.11. The van der Waals surface area contributed by atoms with Crippen LogP contribution in [0, 0.1) is 0 Å². The molecule has 0 aliphatic heterocycles. The molecule has 0 unspecified atom stereocenters. The number of imidazole rings is 1. The van der Waals surface area contributed by atoms with Gasteiger partial charge in [0, 0.05) is 11.6 Å². The van der Waals surface area contributed by atoms with Crippen molar-refractivity contribution in [3.63, 3.8) is 0 Å². The second-order valence-corrected chi connectivity index (χ2v) is 3.61. The maximum absolute atomic E-state index is 11.4. The molecule has 2 heterocycles. The highest BCUT2D eigenvalue weighted by molar-refractivity contribution is 6.03. The number of rotatable bonds is 1. The molecule has 1 aromatic carbocycles. The summed E-state index contributed by atoms with van der Waals surface area (Å²) in [5, 5.41) is 1.00. The van der Waals surface area contributed by atoms with Gasteiger partial charge in [0.05, 0.1) is 23.7 Å². The molecule has 17 heavy (non-hydrogen) atoms. The van der Waals surface area contributed by atoms with E-state index in [1.165, 1.54) is 7.11 Å². The number of H-pyrrole nitrogens is 1. The smallest absolute Gasteiger partial charge is 0.374 e. The highest BCUT2D eigenvalue weighted by Crippen LogP contribution is 2.21. The Labute approximate surface area is 96.4 Å². The predicted molar refractivity (Wildman–Crippen MR) is 62.7 cm³/mol. The third-order valence-corrected chi connectivity index (χ3v) is 2.61. The van der Waals surface area contributed by atoms with Crippen LogP contribution in [-0.4, -0.2) is 28.0 Å². The third kappa shape index (κ3) is 1.44. The highest BCUT2D eigenvalue weighted by atomic mass is 16.5. The molecule has 0 atom stereocenters. The number of hydrogen-bond acceptors (Lipinski definition) is 4. The van der Waals surface area contributed by atoms with E-state index in [2.05, 4.69) is 19.7 Å². The maximum atomic E-state index is 11.4. The molecule has 0 amide bonds. The fourth-order valence-corrected chi connectivity index (χ4v) is 1.81. The molecule has 1 N–H and O–H groups in total. The van der Waals surface area contributed by atoms with E-state index in [-0.39, 0.29) is 5.82 Å². The quantitative estimate of drug-likeness (QED) is 0.644. The molecule has 0 saturated heterocycles. The summed E-state index contributed by atoms with van der Waals surface area (Å²) < 4.78 is 4.62. The van der Waals surface area contributed by atoms with Crippen LogP contribution in [0.4, 0.5) is 0 Å². The largest absolute Gasteiger partial charge is 0.463 e. The van der Waals surface area contributed by atoms with Crippen LogP contribution in [0.3, 0.4) is 0 Å². The molecule has 0 saturated carbocycles. The van der Waals surface area contributed by atoms with Crippen molar-refractivity contribution >= 4 is 27.9 Å². The molecule has 0 radical (unpaired) electrons. The molecular formula is C12H9N3O2. The van der Waals surface area contributed by atoms with Gasteiger partial charge in [-0.1, -0.05) is 12.1 Å². The summed E-state index contributed by atoms with van der Waals surface area (Å²) in [5.41, 5.74) is 2.26. The first-order valence-electron chi connectivity index (χ1n) is 5.11.